The highest BCUT2D eigenvalue weighted by molar-refractivity contribution is 9.10. The fraction of sp³-hybridized carbons (Fsp3) is 0.118. The van der Waals surface area contributed by atoms with Gasteiger partial charge in [-0.3, -0.25) is 5.32 Å². The number of anilines is 2. The van der Waals surface area contributed by atoms with E-state index in [1.54, 1.807) is 7.11 Å². The normalized spacial score (nSPS) is 10.3. The third-order valence-electron chi connectivity index (χ3n) is 3.35. The van der Waals surface area contributed by atoms with Crippen molar-refractivity contribution in [3.05, 3.63) is 46.9 Å². The second-order valence-electron chi connectivity index (χ2n) is 4.84. The van der Waals surface area contributed by atoms with Crippen molar-refractivity contribution in [2.45, 2.75) is 0 Å². The van der Waals surface area contributed by atoms with Crippen LogP contribution in [0.15, 0.2) is 51.4 Å². The molecule has 0 saturated carbocycles. The number of ether oxygens (including phenoxy) is 1. The van der Waals surface area contributed by atoms with Gasteiger partial charge < -0.3 is 9.15 Å². The molecule has 0 spiro atoms. The number of rotatable bonds is 4. The molecule has 0 fully saturated rings. The molecule has 4 aromatic rings. The van der Waals surface area contributed by atoms with E-state index in [9.17, 15) is 0 Å². The zero-order chi connectivity index (χ0) is 18.5. The zero-order valence-electron chi connectivity index (χ0n) is 13.9. The van der Waals surface area contributed by atoms with Gasteiger partial charge in [0.15, 0.2) is 5.13 Å². The van der Waals surface area contributed by atoms with E-state index in [1.165, 1.54) is 17.7 Å². The minimum absolute atomic E-state index is 0.291. The second kappa shape index (κ2) is 8.48. The topological polar surface area (TPSA) is 73.1 Å². The molecule has 0 bridgehead atoms. The molecule has 0 saturated heterocycles. The summed E-state index contributed by atoms with van der Waals surface area (Å²) < 4.78 is 12.9. The number of benzene rings is 2. The van der Waals surface area contributed by atoms with E-state index in [0.717, 1.165) is 26.0 Å². The average Bonchev–Trinajstić information content (AvgIpc) is 3.30. The minimum atomic E-state index is 0.291. The van der Waals surface area contributed by atoms with E-state index in [-0.39, 0.29) is 0 Å². The quantitative estimate of drug-likeness (QED) is 0.399. The first-order chi connectivity index (χ1) is 12.7. The van der Waals surface area contributed by atoms with Crippen LogP contribution in [0, 0.1) is 0 Å². The van der Waals surface area contributed by atoms with E-state index in [1.807, 2.05) is 42.5 Å². The van der Waals surface area contributed by atoms with Crippen molar-refractivity contribution in [1.29, 1.82) is 0 Å². The number of nitrogens with zero attached hydrogens (tertiary/aromatic N) is 3. The molecule has 2 aromatic heterocycles. The smallest absolute Gasteiger partial charge is 0.322 e. The van der Waals surface area contributed by atoms with Gasteiger partial charge in [0.05, 0.1) is 17.4 Å². The Morgan fingerprint density at radius 3 is 2.69 bits per heavy atom. The molecule has 0 amide bonds. The van der Waals surface area contributed by atoms with Crippen molar-refractivity contribution in [1.82, 2.24) is 15.2 Å². The lowest BCUT2D eigenvalue weighted by Gasteiger charge is -1.98. The van der Waals surface area contributed by atoms with E-state index < -0.39 is 0 Å². The predicted octanol–water partition coefficient (Wildman–Crippen LogP) is 5.72. The number of aromatic nitrogens is 3. The number of nitrogens with one attached hydrogen (secondary N) is 1. The van der Waals surface area contributed by atoms with Crippen LogP contribution in [0.25, 0.3) is 21.7 Å². The van der Waals surface area contributed by atoms with Crippen molar-refractivity contribution in [3.63, 3.8) is 0 Å². The molecule has 0 atom stereocenters. The van der Waals surface area contributed by atoms with Gasteiger partial charge in [-0.2, -0.15) is 0 Å². The Morgan fingerprint density at radius 2 is 1.92 bits per heavy atom. The van der Waals surface area contributed by atoms with Gasteiger partial charge in [-0.25, -0.2) is 4.98 Å². The number of hydrogen-bond acceptors (Lipinski definition) is 7. The van der Waals surface area contributed by atoms with Gasteiger partial charge in [0.25, 0.3) is 5.89 Å². The molecule has 0 radical (unpaired) electrons. The van der Waals surface area contributed by atoms with Crippen LogP contribution < -0.4 is 10.1 Å². The van der Waals surface area contributed by atoms with Crippen LogP contribution in [0.5, 0.6) is 5.75 Å². The average molecular weight is 454 g/mol. The van der Waals surface area contributed by atoms with Crippen molar-refractivity contribution >= 4 is 60.2 Å². The van der Waals surface area contributed by atoms with Gasteiger partial charge in [0.1, 0.15) is 11.3 Å². The van der Waals surface area contributed by atoms with Gasteiger partial charge in [-0.15, -0.1) is 16.7 Å². The molecular weight excluding hydrogens is 440 g/mol. The number of thiazole rings is 1. The summed E-state index contributed by atoms with van der Waals surface area (Å²) in [5.74, 6) is 1.17. The molecule has 1 N–H and O–H groups in total. The minimum Gasteiger partial charge on any atom is -0.494 e. The Hall–Kier alpha value is -2.16. The first-order valence-electron chi connectivity index (χ1n) is 7.41. The van der Waals surface area contributed by atoms with E-state index in [2.05, 4.69) is 48.0 Å². The monoisotopic (exact) mass is 452 g/mol. The molecule has 4 rings (SSSR count). The molecule has 0 aliphatic carbocycles. The number of para-hydroxylation sites is 1. The highest BCUT2D eigenvalue weighted by atomic mass is 79.9. The summed E-state index contributed by atoms with van der Waals surface area (Å²) in [4.78, 5) is 4.52. The fourth-order valence-electron chi connectivity index (χ4n) is 2.25. The molecule has 2 heterocycles. The Bertz CT molecular complexity index is 1020. The number of methoxy groups -OCH3 is 1. The molecular formula is C17H14BrClN4O2S. The summed E-state index contributed by atoms with van der Waals surface area (Å²) in [6, 6.07) is 13.8. The van der Waals surface area contributed by atoms with Crippen LogP contribution >= 0.6 is 38.9 Å². The van der Waals surface area contributed by atoms with E-state index >= 15 is 0 Å². The van der Waals surface area contributed by atoms with Crippen molar-refractivity contribution in [2.24, 2.45) is 0 Å². The van der Waals surface area contributed by atoms with Gasteiger partial charge in [-0.05, 0) is 40.2 Å². The molecule has 0 aliphatic rings. The van der Waals surface area contributed by atoms with Crippen molar-refractivity contribution < 1.29 is 9.15 Å². The lowest BCUT2D eigenvalue weighted by molar-refractivity contribution is 0.419. The largest absolute Gasteiger partial charge is 0.494 e. The molecule has 26 heavy (non-hydrogen) atoms. The third-order valence-corrected chi connectivity index (χ3v) is 4.97. The first kappa shape index (κ1) is 18.6. The maximum atomic E-state index is 5.68. The Kier molecular flexibility index (Phi) is 6.08. The maximum absolute atomic E-state index is 5.68. The van der Waals surface area contributed by atoms with Gasteiger partial charge in [-0.1, -0.05) is 34.6 Å². The van der Waals surface area contributed by atoms with Crippen LogP contribution in [-0.2, 0) is 0 Å². The summed E-state index contributed by atoms with van der Waals surface area (Å²) in [6.45, 7) is 0. The Labute approximate surface area is 167 Å². The summed E-state index contributed by atoms with van der Waals surface area (Å²) in [7, 11) is 1.63. The van der Waals surface area contributed by atoms with Gasteiger partial charge in [0.2, 0.25) is 0 Å². The molecule has 0 unspecified atom stereocenters. The zero-order valence-corrected chi connectivity index (χ0v) is 17.0. The molecule has 134 valence electrons. The number of fused-ring (bicyclic) bond motifs is 1. The van der Waals surface area contributed by atoms with Gasteiger partial charge in [0, 0.05) is 10.9 Å². The van der Waals surface area contributed by atoms with Crippen LogP contribution in [0.3, 0.4) is 0 Å². The van der Waals surface area contributed by atoms with Gasteiger partial charge >= 0.3 is 6.01 Å². The summed E-state index contributed by atoms with van der Waals surface area (Å²) >= 11 is 9.61. The molecule has 9 heteroatoms. The first-order valence-corrected chi connectivity index (χ1v) is 9.78. The van der Waals surface area contributed by atoms with Crippen LogP contribution in [0.2, 0.25) is 0 Å². The fourth-order valence-corrected chi connectivity index (χ4v) is 3.58. The van der Waals surface area contributed by atoms with E-state index in [4.69, 9.17) is 9.15 Å². The highest BCUT2D eigenvalue weighted by Crippen LogP contribution is 2.34. The lowest BCUT2D eigenvalue weighted by Crippen LogP contribution is -1.89. The summed E-state index contributed by atoms with van der Waals surface area (Å²) in [5, 5.41) is 11.8. The highest BCUT2D eigenvalue weighted by Gasteiger charge is 2.14. The standard InChI is InChI=1S/C16H11BrN4O2S.CH3Cl/c1-22-11-7-4-8-12-13(11)18-16(24-12)19-15-21-20-14(23-15)9-5-2-3-6-10(9)17;1-2/h2-8H,1H3,(H,18,19,21);1H3. The summed E-state index contributed by atoms with van der Waals surface area (Å²) in [5.41, 5.74) is 1.64. The Balaban J connectivity index is 0.000000948. The van der Waals surface area contributed by atoms with Crippen LogP contribution in [-0.4, -0.2) is 28.7 Å². The van der Waals surface area contributed by atoms with Crippen molar-refractivity contribution in [2.75, 3.05) is 18.8 Å². The summed E-state index contributed by atoms with van der Waals surface area (Å²) in [6.07, 6.45) is 1.47. The maximum Gasteiger partial charge on any atom is 0.322 e. The second-order valence-corrected chi connectivity index (χ2v) is 6.73. The lowest BCUT2D eigenvalue weighted by atomic mass is 10.2. The number of hydrogen-bond donors (Lipinski definition) is 1. The number of alkyl halides is 1. The third kappa shape index (κ3) is 3.82. The SMILES string of the molecule is CCl.COc1cccc2sc(Nc3nnc(-c4ccccc4Br)o3)nc12. The van der Waals surface area contributed by atoms with Crippen LogP contribution in [0.1, 0.15) is 0 Å². The Morgan fingerprint density at radius 1 is 1.12 bits per heavy atom. The van der Waals surface area contributed by atoms with E-state index in [0.29, 0.717) is 17.0 Å². The molecule has 6 nitrogen and oxygen atoms in total. The number of halogens is 2. The molecule has 0 aliphatic heterocycles. The van der Waals surface area contributed by atoms with Crippen molar-refractivity contribution in [3.8, 4) is 17.2 Å². The molecule has 2 aromatic carbocycles. The predicted molar refractivity (Wildman–Crippen MR) is 109 cm³/mol. The van der Waals surface area contributed by atoms with Crippen LogP contribution in [0.4, 0.5) is 11.1 Å².